The SMILES string of the molecule is CC(C)(C)c1cc(C(=O)NCCC(O)c2ccccc2)n[nH]1. The van der Waals surface area contributed by atoms with E-state index in [1.54, 1.807) is 6.07 Å². The molecule has 0 saturated heterocycles. The standard InChI is InChI=1S/C17H23N3O2/c1-17(2,3)15-11-13(19-20-15)16(22)18-10-9-14(21)12-7-5-4-6-8-12/h4-8,11,14,21H,9-10H2,1-3H3,(H,18,22)(H,19,20). The first-order valence-electron chi connectivity index (χ1n) is 7.45. The number of aromatic amines is 1. The van der Waals surface area contributed by atoms with Crippen LogP contribution in [0.3, 0.4) is 0 Å². The number of hydrogen-bond acceptors (Lipinski definition) is 3. The highest BCUT2D eigenvalue weighted by molar-refractivity contribution is 5.92. The summed E-state index contributed by atoms with van der Waals surface area (Å²) in [6.45, 7) is 6.56. The molecule has 0 saturated carbocycles. The Kier molecular flexibility index (Phi) is 4.98. The number of hydrogen-bond donors (Lipinski definition) is 3. The number of carbonyl (C=O) groups excluding carboxylic acids is 1. The first-order valence-corrected chi connectivity index (χ1v) is 7.45. The molecular weight excluding hydrogens is 278 g/mol. The molecule has 5 heteroatoms. The number of benzene rings is 1. The summed E-state index contributed by atoms with van der Waals surface area (Å²) in [4.78, 5) is 12.0. The molecule has 0 aliphatic rings. The molecule has 1 aromatic carbocycles. The molecule has 1 unspecified atom stereocenters. The highest BCUT2D eigenvalue weighted by atomic mass is 16.3. The van der Waals surface area contributed by atoms with Gasteiger partial charge in [-0.05, 0) is 18.1 Å². The van der Waals surface area contributed by atoms with Crippen molar-refractivity contribution in [3.63, 3.8) is 0 Å². The number of H-pyrrole nitrogens is 1. The number of carbonyl (C=O) groups is 1. The van der Waals surface area contributed by atoms with E-state index in [-0.39, 0.29) is 11.3 Å². The van der Waals surface area contributed by atoms with E-state index in [4.69, 9.17) is 0 Å². The Balaban J connectivity index is 1.84. The minimum Gasteiger partial charge on any atom is -0.388 e. The van der Waals surface area contributed by atoms with E-state index in [0.29, 0.717) is 18.7 Å². The van der Waals surface area contributed by atoms with Gasteiger partial charge in [0.15, 0.2) is 0 Å². The lowest BCUT2D eigenvalue weighted by atomic mass is 9.92. The van der Waals surface area contributed by atoms with Crippen molar-refractivity contribution in [3.8, 4) is 0 Å². The van der Waals surface area contributed by atoms with Crippen LogP contribution in [0.2, 0.25) is 0 Å². The van der Waals surface area contributed by atoms with Gasteiger partial charge in [-0.25, -0.2) is 0 Å². The first kappa shape index (κ1) is 16.2. The number of aliphatic hydroxyl groups excluding tert-OH is 1. The van der Waals surface area contributed by atoms with Crippen molar-refractivity contribution in [2.75, 3.05) is 6.54 Å². The first-order chi connectivity index (χ1) is 10.4. The number of aromatic nitrogens is 2. The minimum absolute atomic E-state index is 0.0744. The smallest absolute Gasteiger partial charge is 0.271 e. The molecule has 118 valence electrons. The fourth-order valence-corrected chi connectivity index (χ4v) is 2.08. The van der Waals surface area contributed by atoms with Crippen LogP contribution in [-0.2, 0) is 5.41 Å². The van der Waals surface area contributed by atoms with E-state index in [1.165, 1.54) is 0 Å². The number of amides is 1. The summed E-state index contributed by atoms with van der Waals surface area (Å²) in [5.41, 5.74) is 2.07. The van der Waals surface area contributed by atoms with E-state index >= 15 is 0 Å². The molecule has 0 spiro atoms. The molecule has 0 fully saturated rings. The third-order valence-corrected chi connectivity index (χ3v) is 3.51. The molecule has 2 aromatic rings. The van der Waals surface area contributed by atoms with Crippen molar-refractivity contribution in [1.29, 1.82) is 0 Å². The van der Waals surface area contributed by atoms with E-state index in [0.717, 1.165) is 11.3 Å². The van der Waals surface area contributed by atoms with Gasteiger partial charge in [-0.1, -0.05) is 51.1 Å². The lowest BCUT2D eigenvalue weighted by molar-refractivity contribution is 0.0937. The molecule has 1 heterocycles. The third kappa shape index (κ3) is 4.18. The summed E-state index contributed by atoms with van der Waals surface area (Å²) in [5.74, 6) is -0.230. The van der Waals surface area contributed by atoms with Crippen molar-refractivity contribution < 1.29 is 9.90 Å². The van der Waals surface area contributed by atoms with Gasteiger partial charge in [0.2, 0.25) is 0 Å². The topological polar surface area (TPSA) is 78.0 Å². The minimum atomic E-state index is -0.578. The van der Waals surface area contributed by atoms with Crippen LogP contribution in [0.15, 0.2) is 36.4 Å². The van der Waals surface area contributed by atoms with Crippen molar-refractivity contribution in [1.82, 2.24) is 15.5 Å². The van der Waals surface area contributed by atoms with Crippen molar-refractivity contribution in [2.24, 2.45) is 0 Å². The normalized spacial score (nSPS) is 12.9. The summed E-state index contributed by atoms with van der Waals surface area (Å²) in [6.07, 6.45) is -0.113. The highest BCUT2D eigenvalue weighted by Crippen LogP contribution is 2.20. The van der Waals surface area contributed by atoms with E-state index < -0.39 is 6.10 Å². The molecule has 5 nitrogen and oxygen atoms in total. The van der Waals surface area contributed by atoms with Gasteiger partial charge in [-0.2, -0.15) is 5.10 Å². The molecule has 3 N–H and O–H groups in total. The van der Waals surface area contributed by atoms with Crippen LogP contribution in [-0.4, -0.2) is 27.8 Å². The second kappa shape index (κ2) is 6.75. The van der Waals surface area contributed by atoms with Gasteiger partial charge in [0.05, 0.1) is 6.10 Å². The van der Waals surface area contributed by atoms with Crippen molar-refractivity contribution in [2.45, 2.75) is 38.7 Å². The van der Waals surface area contributed by atoms with Crippen LogP contribution >= 0.6 is 0 Å². The summed E-state index contributed by atoms with van der Waals surface area (Å²) >= 11 is 0. The predicted molar refractivity (Wildman–Crippen MR) is 85.6 cm³/mol. The predicted octanol–water partition coefficient (Wildman–Crippen LogP) is 2.56. The molecule has 2 rings (SSSR count). The van der Waals surface area contributed by atoms with Gasteiger partial charge in [0.1, 0.15) is 5.69 Å². The maximum absolute atomic E-state index is 12.0. The van der Waals surface area contributed by atoms with Crippen LogP contribution < -0.4 is 5.32 Å². The second-order valence-corrected chi connectivity index (χ2v) is 6.39. The maximum Gasteiger partial charge on any atom is 0.271 e. The highest BCUT2D eigenvalue weighted by Gasteiger charge is 2.19. The molecule has 0 aliphatic heterocycles. The van der Waals surface area contributed by atoms with Gasteiger partial charge in [-0.3, -0.25) is 9.89 Å². The Morgan fingerprint density at radius 3 is 2.59 bits per heavy atom. The quantitative estimate of drug-likeness (QED) is 0.794. The molecule has 22 heavy (non-hydrogen) atoms. The van der Waals surface area contributed by atoms with Crippen LogP contribution in [0, 0.1) is 0 Å². The number of nitrogens with one attached hydrogen (secondary N) is 2. The Hall–Kier alpha value is -2.14. The number of nitrogens with zero attached hydrogens (tertiary/aromatic N) is 1. The molecule has 0 bridgehead atoms. The van der Waals surface area contributed by atoms with E-state index in [1.807, 2.05) is 30.3 Å². The molecule has 0 radical (unpaired) electrons. The average molecular weight is 301 g/mol. The lowest BCUT2D eigenvalue weighted by Gasteiger charge is -2.14. The van der Waals surface area contributed by atoms with Gasteiger partial charge in [-0.15, -0.1) is 0 Å². The molecule has 1 amide bonds. The zero-order valence-corrected chi connectivity index (χ0v) is 13.3. The fraction of sp³-hybridized carbons (Fsp3) is 0.412. The summed E-state index contributed by atoms with van der Waals surface area (Å²) < 4.78 is 0. The average Bonchev–Trinajstić information content (AvgIpc) is 2.98. The number of aliphatic hydroxyl groups is 1. The zero-order valence-electron chi connectivity index (χ0n) is 13.3. The van der Waals surface area contributed by atoms with Crippen LogP contribution in [0.25, 0.3) is 0 Å². The lowest BCUT2D eigenvalue weighted by Crippen LogP contribution is -2.26. The van der Waals surface area contributed by atoms with Crippen molar-refractivity contribution in [3.05, 3.63) is 53.3 Å². The van der Waals surface area contributed by atoms with Crippen molar-refractivity contribution >= 4 is 5.91 Å². The van der Waals surface area contributed by atoms with E-state index in [2.05, 4.69) is 36.3 Å². The summed E-state index contributed by atoms with van der Waals surface area (Å²) in [5, 5.41) is 19.8. The van der Waals surface area contributed by atoms with Gasteiger partial charge >= 0.3 is 0 Å². The largest absolute Gasteiger partial charge is 0.388 e. The monoisotopic (exact) mass is 301 g/mol. The van der Waals surface area contributed by atoms with Crippen LogP contribution in [0.1, 0.15) is 55.0 Å². The van der Waals surface area contributed by atoms with Gasteiger partial charge in [0, 0.05) is 17.7 Å². The maximum atomic E-state index is 12.0. The van der Waals surface area contributed by atoms with Gasteiger partial charge < -0.3 is 10.4 Å². The van der Waals surface area contributed by atoms with Crippen LogP contribution in [0.5, 0.6) is 0 Å². The molecule has 0 aliphatic carbocycles. The third-order valence-electron chi connectivity index (χ3n) is 3.51. The Bertz CT molecular complexity index is 614. The fourth-order valence-electron chi connectivity index (χ4n) is 2.08. The molecular formula is C17H23N3O2. The Morgan fingerprint density at radius 1 is 1.32 bits per heavy atom. The van der Waals surface area contributed by atoms with E-state index in [9.17, 15) is 9.90 Å². The molecule has 1 aromatic heterocycles. The summed E-state index contributed by atoms with van der Waals surface area (Å²) in [6, 6.07) is 11.2. The van der Waals surface area contributed by atoms with Gasteiger partial charge in [0.25, 0.3) is 5.91 Å². The molecule has 1 atom stereocenters. The Labute approximate surface area is 130 Å². The van der Waals surface area contributed by atoms with Crippen LogP contribution in [0.4, 0.5) is 0 Å². The summed E-state index contributed by atoms with van der Waals surface area (Å²) in [7, 11) is 0. The number of rotatable bonds is 5. The second-order valence-electron chi connectivity index (χ2n) is 6.39. The Morgan fingerprint density at radius 2 is 2.00 bits per heavy atom. The zero-order chi connectivity index (χ0) is 16.2.